The van der Waals surface area contributed by atoms with Gasteiger partial charge in [0.05, 0.1) is 0 Å². The summed E-state index contributed by atoms with van der Waals surface area (Å²) in [6, 6.07) is 7.19. The second-order valence-electron chi connectivity index (χ2n) is 8.01. The summed E-state index contributed by atoms with van der Waals surface area (Å²) < 4.78 is 1.77. The molecule has 7 heteroatoms. The molecule has 1 aliphatic carbocycles. The van der Waals surface area contributed by atoms with Crippen LogP contribution in [0.3, 0.4) is 0 Å². The van der Waals surface area contributed by atoms with Gasteiger partial charge in [0.2, 0.25) is 5.95 Å². The summed E-state index contributed by atoms with van der Waals surface area (Å²) in [5.41, 5.74) is 2.39. The van der Waals surface area contributed by atoms with E-state index in [0.717, 1.165) is 23.3 Å². The number of fused-ring (bicyclic) bond motifs is 1. The topological polar surface area (TPSA) is 80.0 Å². The Morgan fingerprint density at radius 1 is 1.33 bits per heavy atom. The number of anilines is 1. The minimum Gasteiger partial charge on any atom is -0.396 e. The van der Waals surface area contributed by atoms with Crippen molar-refractivity contribution in [1.29, 1.82) is 0 Å². The number of aryl methyl sites for hydroxylation is 1. The molecule has 2 N–H and O–H groups in total. The molecule has 2 aromatic rings. The molecule has 27 heavy (non-hydrogen) atoms. The molecule has 2 aliphatic rings. The van der Waals surface area contributed by atoms with Gasteiger partial charge in [0.15, 0.2) is 11.6 Å². The Morgan fingerprint density at radius 3 is 2.85 bits per heavy atom. The van der Waals surface area contributed by atoms with Crippen molar-refractivity contribution in [3.63, 3.8) is 0 Å². The van der Waals surface area contributed by atoms with Crippen LogP contribution in [0.15, 0.2) is 35.5 Å². The third-order valence-corrected chi connectivity index (χ3v) is 5.48. The first kappa shape index (κ1) is 18.2. The predicted molar refractivity (Wildman–Crippen MR) is 104 cm³/mol. The number of aromatic nitrogens is 3. The Balaban J connectivity index is 1.86. The molecule has 142 valence electrons. The van der Waals surface area contributed by atoms with E-state index >= 15 is 0 Å². The van der Waals surface area contributed by atoms with Crippen LogP contribution in [0.25, 0.3) is 0 Å². The van der Waals surface area contributed by atoms with Crippen molar-refractivity contribution in [2.45, 2.75) is 45.6 Å². The number of allylic oxidation sites excluding steroid dienone is 2. The summed E-state index contributed by atoms with van der Waals surface area (Å²) in [4.78, 5) is 17.7. The smallest absolute Gasteiger partial charge is 0.226 e. The number of rotatable bonds is 4. The van der Waals surface area contributed by atoms with Crippen LogP contribution in [0.1, 0.15) is 50.5 Å². The number of hydrogen-bond donors (Lipinski definition) is 2. The molecular weight excluding hydrogens is 364 g/mol. The van der Waals surface area contributed by atoms with Crippen LogP contribution in [-0.4, -0.2) is 32.3 Å². The molecule has 0 amide bonds. The molecule has 1 aliphatic heterocycles. The third-order valence-electron chi connectivity index (χ3n) is 5.13. The zero-order valence-electron chi connectivity index (χ0n) is 15.5. The van der Waals surface area contributed by atoms with E-state index in [1.165, 1.54) is 0 Å². The quantitative estimate of drug-likeness (QED) is 0.840. The van der Waals surface area contributed by atoms with E-state index in [1.807, 2.05) is 24.3 Å². The molecule has 1 unspecified atom stereocenters. The van der Waals surface area contributed by atoms with Gasteiger partial charge in [-0.15, -0.1) is 0 Å². The van der Waals surface area contributed by atoms with Crippen molar-refractivity contribution in [1.82, 2.24) is 14.8 Å². The molecule has 0 bridgehead atoms. The second kappa shape index (κ2) is 6.77. The number of ketones is 1. The number of aliphatic hydroxyl groups excluding tert-OH is 1. The van der Waals surface area contributed by atoms with Crippen molar-refractivity contribution in [2.75, 3.05) is 11.9 Å². The van der Waals surface area contributed by atoms with Crippen molar-refractivity contribution in [3.8, 4) is 0 Å². The van der Waals surface area contributed by atoms with Gasteiger partial charge in [-0.05, 0) is 24.3 Å². The molecule has 0 spiro atoms. The molecule has 4 rings (SSSR count). The number of nitrogens with zero attached hydrogens (tertiary/aromatic N) is 3. The highest BCUT2D eigenvalue weighted by Gasteiger charge is 2.42. The highest BCUT2D eigenvalue weighted by molar-refractivity contribution is 6.31. The fourth-order valence-electron chi connectivity index (χ4n) is 3.98. The fraction of sp³-hybridized carbons (Fsp3) is 0.450. The standard InChI is InChI=1S/C20H23ClN4O2/c1-20(2)10-14-17(15(27)11-20)18(12-6-3-4-7-13(12)21)25-19(22-14)23-16(24-25)8-5-9-26/h3-4,6-7,18,26H,5,8-11H2,1-2H3,(H,22,23,24). The Morgan fingerprint density at radius 2 is 2.11 bits per heavy atom. The lowest BCUT2D eigenvalue weighted by atomic mass is 9.73. The molecule has 1 atom stereocenters. The number of benzene rings is 1. The van der Waals surface area contributed by atoms with E-state index in [9.17, 15) is 4.79 Å². The molecule has 0 radical (unpaired) electrons. The van der Waals surface area contributed by atoms with Gasteiger partial charge in [0.1, 0.15) is 6.04 Å². The van der Waals surface area contributed by atoms with Crippen molar-refractivity contribution in [2.24, 2.45) is 5.41 Å². The summed E-state index contributed by atoms with van der Waals surface area (Å²) >= 11 is 6.50. The van der Waals surface area contributed by atoms with Crippen LogP contribution >= 0.6 is 11.6 Å². The van der Waals surface area contributed by atoms with E-state index in [-0.39, 0.29) is 23.8 Å². The molecule has 2 heterocycles. The first-order chi connectivity index (χ1) is 12.9. The third kappa shape index (κ3) is 3.28. The Hall–Kier alpha value is -2.18. The number of nitrogens with one attached hydrogen (secondary N) is 1. The van der Waals surface area contributed by atoms with E-state index in [0.29, 0.717) is 36.1 Å². The summed E-state index contributed by atoms with van der Waals surface area (Å²) in [5.74, 6) is 1.39. The molecule has 1 aromatic carbocycles. The lowest BCUT2D eigenvalue weighted by molar-refractivity contribution is -0.118. The summed E-state index contributed by atoms with van der Waals surface area (Å²) in [6.45, 7) is 4.30. The van der Waals surface area contributed by atoms with Crippen molar-refractivity contribution >= 4 is 23.3 Å². The normalized spacial score (nSPS) is 20.9. The maximum Gasteiger partial charge on any atom is 0.226 e. The van der Waals surface area contributed by atoms with Gasteiger partial charge in [0, 0.05) is 41.3 Å². The highest BCUT2D eigenvalue weighted by Crippen LogP contribution is 2.46. The van der Waals surface area contributed by atoms with Crippen molar-refractivity contribution in [3.05, 3.63) is 51.9 Å². The average molecular weight is 387 g/mol. The van der Waals surface area contributed by atoms with Gasteiger partial charge < -0.3 is 10.4 Å². The van der Waals surface area contributed by atoms with E-state index < -0.39 is 0 Å². The second-order valence-corrected chi connectivity index (χ2v) is 8.41. The number of carbonyl (C=O) groups excluding carboxylic acids is 1. The Bertz CT molecular complexity index is 932. The molecular formula is C20H23ClN4O2. The summed E-state index contributed by atoms with van der Waals surface area (Å²) in [7, 11) is 0. The SMILES string of the molecule is CC1(C)CC(=O)C2=C(C1)Nc1nc(CCCO)nn1C2c1ccccc1Cl. The fourth-order valence-corrected chi connectivity index (χ4v) is 4.22. The number of aliphatic hydroxyl groups is 1. The first-order valence-corrected chi connectivity index (χ1v) is 9.61. The Labute approximate surface area is 163 Å². The van der Waals surface area contributed by atoms with Crippen LogP contribution in [0.5, 0.6) is 0 Å². The number of Topliss-reactive ketones (excluding diaryl/α,β-unsaturated/α-hetero) is 1. The lowest BCUT2D eigenvalue weighted by Crippen LogP contribution is -2.36. The van der Waals surface area contributed by atoms with Gasteiger partial charge in [-0.1, -0.05) is 43.6 Å². The molecule has 6 nitrogen and oxygen atoms in total. The van der Waals surface area contributed by atoms with Gasteiger partial charge in [0.25, 0.3) is 0 Å². The van der Waals surface area contributed by atoms with Gasteiger partial charge >= 0.3 is 0 Å². The van der Waals surface area contributed by atoms with E-state index in [4.69, 9.17) is 16.7 Å². The number of carbonyl (C=O) groups is 1. The van der Waals surface area contributed by atoms with E-state index in [2.05, 4.69) is 29.2 Å². The van der Waals surface area contributed by atoms with E-state index in [1.54, 1.807) is 4.68 Å². The molecule has 1 aromatic heterocycles. The number of halogens is 1. The maximum absolute atomic E-state index is 13.1. The Kier molecular flexibility index (Phi) is 4.56. The number of hydrogen-bond acceptors (Lipinski definition) is 5. The van der Waals surface area contributed by atoms with Crippen LogP contribution in [-0.2, 0) is 11.2 Å². The van der Waals surface area contributed by atoms with Crippen LogP contribution in [0.2, 0.25) is 5.02 Å². The highest BCUT2D eigenvalue weighted by atomic mass is 35.5. The monoisotopic (exact) mass is 386 g/mol. The zero-order chi connectivity index (χ0) is 19.2. The van der Waals surface area contributed by atoms with Crippen molar-refractivity contribution < 1.29 is 9.90 Å². The molecule has 0 saturated carbocycles. The predicted octanol–water partition coefficient (Wildman–Crippen LogP) is 3.51. The van der Waals surface area contributed by atoms with Gasteiger partial charge in [-0.2, -0.15) is 10.1 Å². The lowest BCUT2D eigenvalue weighted by Gasteiger charge is -2.38. The maximum atomic E-state index is 13.1. The van der Waals surface area contributed by atoms with Crippen LogP contribution < -0.4 is 5.32 Å². The first-order valence-electron chi connectivity index (χ1n) is 9.23. The minimum atomic E-state index is -0.385. The molecule has 0 fully saturated rings. The zero-order valence-corrected chi connectivity index (χ0v) is 16.3. The van der Waals surface area contributed by atoms with Gasteiger partial charge in [-0.25, -0.2) is 4.68 Å². The average Bonchev–Trinajstić information content (AvgIpc) is 3.00. The largest absolute Gasteiger partial charge is 0.396 e. The summed E-state index contributed by atoms with van der Waals surface area (Å²) in [6.07, 6.45) is 2.45. The minimum absolute atomic E-state index is 0.0899. The van der Waals surface area contributed by atoms with Gasteiger partial charge in [-0.3, -0.25) is 4.79 Å². The van der Waals surface area contributed by atoms with Crippen LogP contribution in [0.4, 0.5) is 5.95 Å². The summed E-state index contributed by atoms with van der Waals surface area (Å²) in [5, 5.41) is 17.7. The molecule has 0 saturated heterocycles. The van der Waals surface area contributed by atoms with Crippen LogP contribution in [0, 0.1) is 5.41 Å².